The van der Waals surface area contributed by atoms with Crippen molar-refractivity contribution in [1.82, 2.24) is 4.90 Å². The number of hydrogen-bond acceptors (Lipinski definition) is 2. The van der Waals surface area contributed by atoms with E-state index in [-0.39, 0.29) is 17.2 Å². The lowest BCUT2D eigenvalue weighted by Gasteiger charge is -2.32. The third-order valence-electron chi connectivity index (χ3n) is 5.47. The number of carbonyl (C=O) groups is 2. The van der Waals surface area contributed by atoms with Crippen LogP contribution in [0.25, 0.3) is 0 Å². The highest BCUT2D eigenvalue weighted by molar-refractivity contribution is 5.77. The van der Waals surface area contributed by atoms with Crippen LogP contribution in [0.2, 0.25) is 0 Å². The van der Waals surface area contributed by atoms with Crippen LogP contribution in [0.5, 0.6) is 0 Å². The van der Waals surface area contributed by atoms with Crippen LogP contribution in [0.1, 0.15) is 36.8 Å². The van der Waals surface area contributed by atoms with Gasteiger partial charge in [-0.15, -0.1) is 0 Å². The van der Waals surface area contributed by atoms with E-state index < -0.39 is 5.97 Å². The number of hydrogen-bond donors (Lipinski definition) is 1. The van der Waals surface area contributed by atoms with Crippen molar-refractivity contribution in [3.8, 4) is 0 Å². The lowest BCUT2D eigenvalue weighted by atomic mass is 9.90. The number of amides is 1. The normalized spacial score (nSPS) is 22.6. The van der Waals surface area contributed by atoms with Gasteiger partial charge in [0.15, 0.2) is 0 Å². The van der Waals surface area contributed by atoms with E-state index in [0.717, 1.165) is 38.8 Å². The fraction of sp³-hybridized carbons (Fsp3) is 0.556. The second-order valence-corrected chi connectivity index (χ2v) is 6.76. The van der Waals surface area contributed by atoms with Crippen molar-refractivity contribution in [2.45, 2.75) is 39.0 Å². The Bertz CT molecular complexity index is 588. The molecule has 3 rings (SSSR count). The van der Waals surface area contributed by atoms with Crippen LogP contribution in [-0.2, 0) is 16.0 Å². The minimum Gasteiger partial charge on any atom is -0.481 e. The molecule has 1 saturated heterocycles. The molecule has 1 aliphatic heterocycles. The van der Waals surface area contributed by atoms with Crippen molar-refractivity contribution in [2.24, 2.45) is 11.3 Å². The van der Waals surface area contributed by atoms with Crippen molar-refractivity contribution in [3.05, 3.63) is 35.4 Å². The molecule has 1 spiro atoms. The van der Waals surface area contributed by atoms with Crippen LogP contribution in [0.4, 0.5) is 0 Å². The first-order valence-electron chi connectivity index (χ1n) is 8.07. The highest BCUT2D eigenvalue weighted by Crippen LogP contribution is 2.59. The summed E-state index contributed by atoms with van der Waals surface area (Å²) >= 11 is 0. The van der Waals surface area contributed by atoms with Gasteiger partial charge in [0.05, 0.1) is 5.92 Å². The van der Waals surface area contributed by atoms with Gasteiger partial charge in [-0.05, 0) is 49.1 Å². The van der Waals surface area contributed by atoms with Crippen molar-refractivity contribution in [2.75, 3.05) is 13.1 Å². The van der Waals surface area contributed by atoms with E-state index in [4.69, 9.17) is 5.11 Å². The summed E-state index contributed by atoms with van der Waals surface area (Å²) in [6.45, 7) is 3.51. The smallest absolute Gasteiger partial charge is 0.307 e. The minimum atomic E-state index is -0.667. The predicted octanol–water partition coefficient (Wildman–Crippen LogP) is 2.64. The lowest BCUT2D eigenvalue weighted by Crippen LogP contribution is -2.40. The summed E-state index contributed by atoms with van der Waals surface area (Å²) < 4.78 is 0. The van der Waals surface area contributed by atoms with Crippen LogP contribution in [-0.4, -0.2) is 35.0 Å². The topological polar surface area (TPSA) is 57.6 Å². The van der Waals surface area contributed by atoms with E-state index in [1.807, 2.05) is 17.0 Å². The number of rotatable bonds is 4. The molecule has 4 heteroatoms. The Morgan fingerprint density at radius 3 is 2.55 bits per heavy atom. The molecule has 4 nitrogen and oxygen atoms in total. The molecule has 1 heterocycles. The third-order valence-corrected chi connectivity index (χ3v) is 5.47. The molecule has 2 fully saturated rings. The zero-order valence-electron chi connectivity index (χ0n) is 13.0. The monoisotopic (exact) mass is 301 g/mol. The fourth-order valence-electron chi connectivity index (χ4n) is 3.74. The van der Waals surface area contributed by atoms with Gasteiger partial charge in [0.2, 0.25) is 5.91 Å². The van der Waals surface area contributed by atoms with Gasteiger partial charge in [-0.2, -0.15) is 0 Å². The molecular weight excluding hydrogens is 278 g/mol. The van der Waals surface area contributed by atoms with Gasteiger partial charge >= 0.3 is 5.97 Å². The highest BCUT2D eigenvalue weighted by Gasteiger charge is 2.59. The van der Waals surface area contributed by atoms with Crippen LogP contribution in [0.15, 0.2) is 24.3 Å². The molecule has 1 saturated carbocycles. The summed E-state index contributed by atoms with van der Waals surface area (Å²) in [7, 11) is 0. The first kappa shape index (κ1) is 15.1. The summed E-state index contributed by atoms with van der Waals surface area (Å²) in [5, 5.41) is 9.10. The van der Waals surface area contributed by atoms with E-state index in [0.29, 0.717) is 6.42 Å². The lowest BCUT2D eigenvalue weighted by molar-refractivity contribution is -0.139. The summed E-state index contributed by atoms with van der Waals surface area (Å²) in [5.74, 6) is -0.637. The molecule has 1 atom stereocenters. The van der Waals surface area contributed by atoms with Crippen LogP contribution < -0.4 is 0 Å². The molecule has 1 N–H and O–H groups in total. The van der Waals surface area contributed by atoms with Gasteiger partial charge in [-0.1, -0.05) is 24.3 Å². The Morgan fingerprint density at radius 1 is 1.27 bits per heavy atom. The Balaban J connectivity index is 1.49. The number of nitrogens with zero attached hydrogens (tertiary/aromatic N) is 1. The minimum absolute atomic E-state index is 0.00136. The molecule has 1 unspecified atom stereocenters. The maximum absolute atomic E-state index is 12.3. The Morgan fingerprint density at radius 2 is 1.95 bits per heavy atom. The molecule has 1 amide bonds. The number of carbonyl (C=O) groups excluding carboxylic acids is 1. The van der Waals surface area contributed by atoms with Crippen LogP contribution in [0.3, 0.4) is 0 Å². The van der Waals surface area contributed by atoms with E-state index in [1.165, 1.54) is 11.1 Å². The van der Waals surface area contributed by atoms with Crippen molar-refractivity contribution < 1.29 is 14.7 Å². The number of carboxylic acids is 1. The highest BCUT2D eigenvalue weighted by atomic mass is 16.4. The molecule has 0 radical (unpaired) electrons. The first-order valence-corrected chi connectivity index (χ1v) is 8.07. The van der Waals surface area contributed by atoms with Gasteiger partial charge in [0.1, 0.15) is 0 Å². The summed E-state index contributed by atoms with van der Waals surface area (Å²) in [6, 6.07) is 8.18. The molecule has 1 aromatic rings. The van der Waals surface area contributed by atoms with Gasteiger partial charge in [-0.3, -0.25) is 9.59 Å². The Labute approximate surface area is 131 Å². The third kappa shape index (κ3) is 2.87. The molecular formula is C18H23NO3. The average Bonchev–Trinajstić information content (AvgIpc) is 3.21. The first-order chi connectivity index (χ1) is 10.5. The zero-order valence-corrected chi connectivity index (χ0v) is 13.0. The molecule has 0 aromatic heterocycles. The van der Waals surface area contributed by atoms with Crippen LogP contribution in [0, 0.1) is 18.3 Å². The summed E-state index contributed by atoms with van der Waals surface area (Å²) in [6.07, 6.45) is 3.82. The summed E-state index contributed by atoms with van der Waals surface area (Å²) in [4.78, 5) is 25.3. The molecule has 0 bridgehead atoms. The maximum Gasteiger partial charge on any atom is 0.307 e. The molecule has 118 valence electrons. The van der Waals surface area contributed by atoms with E-state index in [2.05, 4.69) is 19.1 Å². The van der Waals surface area contributed by atoms with Gasteiger partial charge < -0.3 is 10.0 Å². The van der Waals surface area contributed by atoms with E-state index in [1.54, 1.807) is 0 Å². The van der Waals surface area contributed by atoms with Gasteiger partial charge in [0, 0.05) is 19.5 Å². The quantitative estimate of drug-likeness (QED) is 0.930. The average molecular weight is 301 g/mol. The number of benzene rings is 1. The molecule has 2 aliphatic rings. The number of likely N-dealkylation sites (tertiary alicyclic amines) is 1. The Kier molecular flexibility index (Phi) is 3.94. The van der Waals surface area contributed by atoms with Gasteiger partial charge in [0.25, 0.3) is 0 Å². The summed E-state index contributed by atoms with van der Waals surface area (Å²) in [5.41, 5.74) is 2.46. The SMILES string of the molecule is Cc1ccccc1CCC(=O)N1CCC2(CC1)CC2C(=O)O. The van der Waals surface area contributed by atoms with E-state index >= 15 is 0 Å². The van der Waals surface area contributed by atoms with Crippen LogP contribution >= 0.6 is 0 Å². The standard InChI is InChI=1S/C18H23NO3/c1-13-4-2-3-5-14(13)6-7-16(20)19-10-8-18(9-11-19)12-15(18)17(21)22/h2-5,15H,6-12H2,1H3,(H,21,22). The van der Waals surface area contributed by atoms with Crippen molar-refractivity contribution in [1.29, 1.82) is 0 Å². The number of carboxylic acid groups (broad SMARTS) is 1. The van der Waals surface area contributed by atoms with E-state index in [9.17, 15) is 9.59 Å². The maximum atomic E-state index is 12.3. The largest absolute Gasteiger partial charge is 0.481 e. The Hall–Kier alpha value is -1.84. The predicted molar refractivity (Wildman–Crippen MR) is 83.5 cm³/mol. The molecule has 22 heavy (non-hydrogen) atoms. The number of aryl methyl sites for hydroxylation is 2. The number of aliphatic carboxylic acids is 1. The molecule has 1 aliphatic carbocycles. The second kappa shape index (κ2) is 5.75. The van der Waals surface area contributed by atoms with Gasteiger partial charge in [-0.25, -0.2) is 0 Å². The zero-order chi connectivity index (χ0) is 15.7. The second-order valence-electron chi connectivity index (χ2n) is 6.76. The van der Waals surface area contributed by atoms with Crippen molar-refractivity contribution >= 4 is 11.9 Å². The number of piperidine rings is 1. The fourth-order valence-corrected chi connectivity index (χ4v) is 3.74. The molecule has 1 aromatic carbocycles. The van der Waals surface area contributed by atoms with Crippen molar-refractivity contribution in [3.63, 3.8) is 0 Å².